The van der Waals surface area contributed by atoms with Crippen molar-refractivity contribution in [1.29, 1.82) is 0 Å². The highest BCUT2D eigenvalue weighted by atomic mass is 35.5. The molecule has 28 heavy (non-hydrogen) atoms. The number of nitrogens with two attached hydrogens (primary N) is 1. The van der Waals surface area contributed by atoms with Gasteiger partial charge >= 0.3 is 0 Å². The van der Waals surface area contributed by atoms with Crippen LogP contribution < -0.4 is 5.73 Å². The quantitative estimate of drug-likeness (QED) is 0.755. The Kier molecular flexibility index (Phi) is 9.70. The number of carbonyl (C=O) groups excluding carboxylic acids is 1. The maximum absolute atomic E-state index is 12.8. The molecular weight excluding hydrogens is 421 g/mol. The van der Waals surface area contributed by atoms with Gasteiger partial charge in [-0.15, -0.1) is 24.8 Å². The lowest BCUT2D eigenvalue weighted by atomic mass is 9.90. The SMILES string of the molecule is CC(N)C1CCN(C(=O)c2cccc(CN3CCS(=O)(=O)CC3)c2)CC1.Cl.Cl. The number of halogens is 2. The summed E-state index contributed by atoms with van der Waals surface area (Å²) in [5.41, 5.74) is 7.75. The van der Waals surface area contributed by atoms with Gasteiger partial charge in [-0.1, -0.05) is 12.1 Å². The molecule has 160 valence electrons. The monoisotopic (exact) mass is 451 g/mol. The lowest BCUT2D eigenvalue weighted by molar-refractivity contribution is 0.0681. The zero-order valence-electron chi connectivity index (χ0n) is 16.2. The van der Waals surface area contributed by atoms with Crippen molar-refractivity contribution in [3.8, 4) is 0 Å². The molecule has 2 aliphatic rings. The van der Waals surface area contributed by atoms with Crippen LogP contribution in [0.5, 0.6) is 0 Å². The minimum absolute atomic E-state index is 0. The van der Waals surface area contributed by atoms with Crippen LogP contribution in [0.25, 0.3) is 0 Å². The minimum atomic E-state index is -2.87. The maximum Gasteiger partial charge on any atom is 0.253 e. The normalized spacial score (nSPS) is 21.3. The molecule has 2 N–H and O–H groups in total. The van der Waals surface area contributed by atoms with Gasteiger partial charge in [0.15, 0.2) is 9.84 Å². The first-order valence-electron chi connectivity index (χ1n) is 9.40. The van der Waals surface area contributed by atoms with Gasteiger partial charge < -0.3 is 10.6 Å². The van der Waals surface area contributed by atoms with Crippen LogP contribution >= 0.6 is 24.8 Å². The number of nitrogens with zero attached hydrogens (tertiary/aromatic N) is 2. The molecule has 0 spiro atoms. The van der Waals surface area contributed by atoms with Gasteiger partial charge in [0.05, 0.1) is 11.5 Å². The minimum Gasteiger partial charge on any atom is -0.339 e. The van der Waals surface area contributed by atoms with Crippen LogP contribution in [0.15, 0.2) is 24.3 Å². The molecule has 0 bridgehead atoms. The Morgan fingerprint density at radius 2 is 1.75 bits per heavy atom. The molecule has 1 aromatic rings. The summed E-state index contributed by atoms with van der Waals surface area (Å²) in [6, 6.07) is 7.91. The molecule has 2 fully saturated rings. The van der Waals surface area contributed by atoms with Crippen LogP contribution in [0.3, 0.4) is 0 Å². The first-order chi connectivity index (χ1) is 12.3. The average molecular weight is 452 g/mol. The van der Waals surface area contributed by atoms with Crippen LogP contribution in [0.2, 0.25) is 0 Å². The highest BCUT2D eigenvalue weighted by molar-refractivity contribution is 7.91. The van der Waals surface area contributed by atoms with E-state index in [0.29, 0.717) is 31.1 Å². The second-order valence-corrected chi connectivity index (χ2v) is 9.92. The fraction of sp³-hybridized carbons (Fsp3) is 0.632. The van der Waals surface area contributed by atoms with Crippen molar-refractivity contribution in [3.05, 3.63) is 35.4 Å². The summed E-state index contributed by atoms with van der Waals surface area (Å²) < 4.78 is 23.1. The fourth-order valence-corrected chi connectivity index (χ4v) is 5.06. The molecule has 2 aliphatic heterocycles. The van der Waals surface area contributed by atoms with Gasteiger partial charge in [-0.3, -0.25) is 9.69 Å². The molecule has 1 amide bonds. The third-order valence-corrected chi connectivity index (χ3v) is 7.20. The maximum atomic E-state index is 12.8. The number of hydrogen-bond donors (Lipinski definition) is 1. The highest BCUT2D eigenvalue weighted by Gasteiger charge is 2.26. The Labute approximate surface area is 180 Å². The van der Waals surface area contributed by atoms with E-state index in [4.69, 9.17) is 5.73 Å². The fourth-order valence-electron chi connectivity index (χ4n) is 3.78. The van der Waals surface area contributed by atoms with Crippen molar-refractivity contribution in [2.24, 2.45) is 11.7 Å². The number of carbonyl (C=O) groups is 1. The summed E-state index contributed by atoms with van der Waals surface area (Å²) in [4.78, 5) is 16.9. The molecule has 0 aromatic heterocycles. The predicted octanol–water partition coefficient (Wildman–Crippen LogP) is 1.96. The largest absolute Gasteiger partial charge is 0.339 e. The summed E-state index contributed by atoms with van der Waals surface area (Å²) in [7, 11) is -2.87. The van der Waals surface area contributed by atoms with Gasteiger partial charge in [-0.2, -0.15) is 0 Å². The van der Waals surface area contributed by atoms with E-state index in [0.717, 1.165) is 31.5 Å². The number of piperidine rings is 1. The molecule has 0 radical (unpaired) electrons. The van der Waals surface area contributed by atoms with E-state index in [9.17, 15) is 13.2 Å². The highest BCUT2D eigenvalue weighted by Crippen LogP contribution is 2.21. The van der Waals surface area contributed by atoms with Crippen LogP contribution in [0.4, 0.5) is 0 Å². The van der Waals surface area contributed by atoms with E-state index >= 15 is 0 Å². The number of rotatable bonds is 4. The molecule has 0 saturated carbocycles. The first kappa shape index (κ1) is 25.2. The van der Waals surface area contributed by atoms with Crippen LogP contribution in [-0.4, -0.2) is 67.9 Å². The van der Waals surface area contributed by atoms with E-state index in [-0.39, 0.29) is 48.3 Å². The van der Waals surface area contributed by atoms with Crippen LogP contribution in [0, 0.1) is 5.92 Å². The summed E-state index contributed by atoms with van der Waals surface area (Å²) in [5.74, 6) is 1.03. The van der Waals surface area contributed by atoms with Crippen LogP contribution in [-0.2, 0) is 16.4 Å². The molecular formula is C19H31Cl2N3O3S. The Bertz CT molecular complexity index is 737. The number of sulfone groups is 1. The van der Waals surface area contributed by atoms with Crippen molar-refractivity contribution < 1.29 is 13.2 Å². The lowest BCUT2D eigenvalue weighted by Crippen LogP contribution is -2.42. The molecule has 1 unspecified atom stereocenters. The Morgan fingerprint density at radius 1 is 1.14 bits per heavy atom. The van der Waals surface area contributed by atoms with Crippen molar-refractivity contribution in [2.45, 2.75) is 32.4 Å². The molecule has 1 atom stereocenters. The van der Waals surface area contributed by atoms with Crippen molar-refractivity contribution >= 4 is 40.6 Å². The third kappa shape index (κ3) is 6.59. The Hall–Kier alpha value is -0.860. The third-order valence-electron chi connectivity index (χ3n) is 5.59. The Morgan fingerprint density at radius 3 is 2.32 bits per heavy atom. The summed E-state index contributed by atoms with van der Waals surface area (Å²) in [5, 5.41) is 0. The standard InChI is InChI=1S/C19H29N3O3S.2ClH/c1-15(20)17-5-7-22(8-6-17)19(23)18-4-2-3-16(13-18)14-21-9-11-26(24,25)12-10-21;;/h2-4,13,15,17H,5-12,14,20H2,1H3;2*1H. The van der Waals surface area contributed by atoms with Crippen LogP contribution in [0.1, 0.15) is 35.7 Å². The van der Waals surface area contributed by atoms with E-state index in [1.165, 1.54) is 0 Å². The topological polar surface area (TPSA) is 83.7 Å². The molecule has 2 saturated heterocycles. The lowest BCUT2D eigenvalue weighted by Gasteiger charge is -2.34. The molecule has 9 heteroatoms. The molecule has 0 aliphatic carbocycles. The zero-order valence-corrected chi connectivity index (χ0v) is 18.7. The smallest absolute Gasteiger partial charge is 0.253 e. The summed E-state index contributed by atoms with van der Waals surface area (Å²) in [6.45, 7) is 5.37. The average Bonchev–Trinajstić information content (AvgIpc) is 2.63. The first-order valence-corrected chi connectivity index (χ1v) is 11.2. The van der Waals surface area contributed by atoms with Gasteiger partial charge in [0.1, 0.15) is 0 Å². The van der Waals surface area contributed by atoms with Gasteiger partial charge in [-0.25, -0.2) is 8.42 Å². The molecule has 3 rings (SSSR count). The second kappa shape index (κ2) is 10.8. The van der Waals surface area contributed by atoms with Gasteiger partial charge in [-0.05, 0) is 43.4 Å². The number of amides is 1. The van der Waals surface area contributed by atoms with Crippen molar-refractivity contribution in [2.75, 3.05) is 37.7 Å². The van der Waals surface area contributed by atoms with Gasteiger partial charge in [0.25, 0.3) is 5.91 Å². The predicted molar refractivity (Wildman–Crippen MR) is 117 cm³/mol. The van der Waals surface area contributed by atoms with E-state index < -0.39 is 9.84 Å². The molecule has 2 heterocycles. The molecule has 1 aromatic carbocycles. The van der Waals surface area contributed by atoms with Gasteiger partial charge in [0, 0.05) is 44.3 Å². The molecule has 6 nitrogen and oxygen atoms in total. The summed E-state index contributed by atoms with van der Waals surface area (Å²) >= 11 is 0. The Balaban J connectivity index is 0.00000196. The number of likely N-dealkylation sites (tertiary alicyclic amines) is 1. The van der Waals surface area contributed by atoms with E-state index in [1.807, 2.05) is 36.1 Å². The van der Waals surface area contributed by atoms with Gasteiger partial charge in [0.2, 0.25) is 0 Å². The van der Waals surface area contributed by atoms with Crippen molar-refractivity contribution in [3.63, 3.8) is 0 Å². The number of hydrogen-bond acceptors (Lipinski definition) is 5. The zero-order chi connectivity index (χ0) is 18.7. The van der Waals surface area contributed by atoms with Crippen molar-refractivity contribution in [1.82, 2.24) is 9.80 Å². The summed E-state index contributed by atoms with van der Waals surface area (Å²) in [6.07, 6.45) is 1.93. The second-order valence-electron chi connectivity index (χ2n) is 7.62. The number of benzene rings is 1. The van der Waals surface area contributed by atoms with E-state index in [1.54, 1.807) is 0 Å². The van der Waals surface area contributed by atoms with E-state index in [2.05, 4.69) is 4.90 Å².